The van der Waals surface area contributed by atoms with Crippen LogP contribution in [-0.4, -0.2) is 46.3 Å². The van der Waals surface area contributed by atoms with E-state index in [1.807, 2.05) is 0 Å². The van der Waals surface area contributed by atoms with E-state index in [2.05, 4.69) is 9.97 Å². The van der Waals surface area contributed by atoms with Crippen molar-refractivity contribution in [1.29, 1.82) is 0 Å². The summed E-state index contributed by atoms with van der Waals surface area (Å²) >= 11 is 5.85. The van der Waals surface area contributed by atoms with E-state index in [9.17, 15) is 22.8 Å². The number of carbonyl (C=O) groups excluding carboxylic acids is 2. The van der Waals surface area contributed by atoms with Gasteiger partial charge in [-0.25, -0.2) is 14.8 Å². The summed E-state index contributed by atoms with van der Waals surface area (Å²) in [4.78, 5) is 33.7. The zero-order valence-corrected chi connectivity index (χ0v) is 14.0. The largest absolute Gasteiger partial charge is 0.451 e. The van der Waals surface area contributed by atoms with Crippen molar-refractivity contribution in [1.82, 2.24) is 14.9 Å². The summed E-state index contributed by atoms with van der Waals surface area (Å²) in [5.74, 6) is -1.56. The second-order valence-corrected chi connectivity index (χ2v) is 5.99. The number of hydrogen-bond acceptors (Lipinski definition) is 4. The minimum Gasteiger partial charge on any atom is -0.315 e. The number of nitrogens with zero attached hydrogens (tertiary/aromatic N) is 4. The first-order valence-corrected chi connectivity index (χ1v) is 7.88. The SMILES string of the molecule is O=C(CN1CCN(c2cnc(C(F)(F)F)nc2)C1=O)c1cccc(Cl)c1. The van der Waals surface area contributed by atoms with Crippen molar-refractivity contribution in [2.75, 3.05) is 24.5 Å². The van der Waals surface area contributed by atoms with Crippen molar-refractivity contribution in [2.45, 2.75) is 6.18 Å². The van der Waals surface area contributed by atoms with Crippen molar-refractivity contribution < 1.29 is 22.8 Å². The Balaban J connectivity index is 1.69. The Labute approximate surface area is 151 Å². The van der Waals surface area contributed by atoms with E-state index in [0.717, 1.165) is 12.4 Å². The lowest BCUT2D eigenvalue weighted by Crippen LogP contribution is -2.35. The molecule has 136 valence electrons. The number of urea groups is 1. The van der Waals surface area contributed by atoms with Crippen molar-refractivity contribution in [3.63, 3.8) is 0 Å². The Morgan fingerprint density at radius 3 is 2.50 bits per heavy atom. The van der Waals surface area contributed by atoms with E-state index in [1.165, 1.54) is 15.9 Å². The van der Waals surface area contributed by atoms with E-state index in [-0.39, 0.29) is 31.1 Å². The van der Waals surface area contributed by atoms with Gasteiger partial charge in [-0.05, 0) is 12.1 Å². The number of hydrogen-bond donors (Lipinski definition) is 0. The molecule has 1 aromatic heterocycles. The smallest absolute Gasteiger partial charge is 0.315 e. The third-order valence-corrected chi connectivity index (χ3v) is 4.01. The predicted molar refractivity (Wildman–Crippen MR) is 87.1 cm³/mol. The van der Waals surface area contributed by atoms with Gasteiger partial charge in [-0.1, -0.05) is 23.7 Å². The van der Waals surface area contributed by atoms with Crippen LogP contribution in [0, 0.1) is 0 Å². The van der Waals surface area contributed by atoms with E-state index in [0.29, 0.717) is 10.6 Å². The van der Waals surface area contributed by atoms with Crippen molar-refractivity contribution in [3.8, 4) is 0 Å². The van der Waals surface area contributed by atoms with Crippen LogP contribution in [0.1, 0.15) is 16.2 Å². The number of rotatable bonds is 4. The fourth-order valence-corrected chi connectivity index (χ4v) is 2.69. The van der Waals surface area contributed by atoms with Crippen molar-refractivity contribution >= 4 is 29.1 Å². The van der Waals surface area contributed by atoms with Crippen LogP contribution < -0.4 is 4.90 Å². The van der Waals surface area contributed by atoms with Crippen LogP contribution in [0.4, 0.5) is 23.7 Å². The molecule has 1 aliphatic rings. The average Bonchev–Trinajstić information content (AvgIpc) is 2.95. The molecule has 1 aromatic carbocycles. The molecule has 0 unspecified atom stereocenters. The van der Waals surface area contributed by atoms with Crippen LogP contribution in [-0.2, 0) is 6.18 Å². The van der Waals surface area contributed by atoms with Gasteiger partial charge in [-0.3, -0.25) is 9.69 Å². The van der Waals surface area contributed by atoms with Gasteiger partial charge in [-0.15, -0.1) is 0 Å². The third kappa shape index (κ3) is 3.77. The second kappa shape index (κ2) is 6.91. The molecule has 1 saturated heterocycles. The monoisotopic (exact) mass is 384 g/mol. The number of carbonyl (C=O) groups is 2. The fourth-order valence-electron chi connectivity index (χ4n) is 2.50. The second-order valence-electron chi connectivity index (χ2n) is 5.55. The fraction of sp³-hybridized carbons (Fsp3) is 0.250. The quantitative estimate of drug-likeness (QED) is 0.759. The van der Waals surface area contributed by atoms with Gasteiger partial charge in [0.25, 0.3) is 0 Å². The van der Waals surface area contributed by atoms with Gasteiger partial charge >= 0.3 is 12.2 Å². The lowest BCUT2D eigenvalue weighted by Gasteiger charge is -2.18. The lowest BCUT2D eigenvalue weighted by atomic mass is 10.1. The summed E-state index contributed by atoms with van der Waals surface area (Å²) in [6.07, 6.45) is -2.77. The normalized spacial score (nSPS) is 14.8. The molecule has 0 N–H and O–H groups in total. The van der Waals surface area contributed by atoms with Gasteiger partial charge in [0.2, 0.25) is 5.82 Å². The molecule has 1 aliphatic heterocycles. The van der Waals surface area contributed by atoms with Crippen LogP contribution in [0.25, 0.3) is 0 Å². The molecule has 0 radical (unpaired) electrons. The molecule has 10 heteroatoms. The number of alkyl halides is 3. The van der Waals surface area contributed by atoms with Crippen LogP contribution in [0.3, 0.4) is 0 Å². The zero-order chi connectivity index (χ0) is 18.9. The van der Waals surface area contributed by atoms with Gasteiger partial charge in [0.05, 0.1) is 24.6 Å². The van der Waals surface area contributed by atoms with Gasteiger partial charge < -0.3 is 4.90 Å². The van der Waals surface area contributed by atoms with Gasteiger partial charge in [0, 0.05) is 23.7 Å². The first kappa shape index (κ1) is 18.1. The maximum atomic E-state index is 12.5. The molecule has 1 fully saturated rings. The van der Waals surface area contributed by atoms with E-state index in [4.69, 9.17) is 11.6 Å². The molecule has 2 amide bonds. The Hall–Kier alpha value is -2.68. The molecule has 0 atom stereocenters. The van der Waals surface area contributed by atoms with Crippen molar-refractivity contribution in [3.05, 3.63) is 53.1 Å². The Kier molecular flexibility index (Phi) is 4.82. The highest BCUT2D eigenvalue weighted by atomic mass is 35.5. The van der Waals surface area contributed by atoms with Gasteiger partial charge in [0.1, 0.15) is 0 Å². The molecule has 0 aliphatic carbocycles. The summed E-state index contributed by atoms with van der Waals surface area (Å²) in [5.41, 5.74) is 0.516. The van der Waals surface area contributed by atoms with Crippen LogP contribution in [0.2, 0.25) is 5.02 Å². The topological polar surface area (TPSA) is 66.4 Å². The maximum Gasteiger partial charge on any atom is 0.451 e. The van der Waals surface area contributed by atoms with Crippen LogP contribution >= 0.6 is 11.6 Å². The summed E-state index contributed by atoms with van der Waals surface area (Å²) in [7, 11) is 0. The molecular weight excluding hydrogens is 373 g/mol. The highest BCUT2D eigenvalue weighted by molar-refractivity contribution is 6.31. The number of benzene rings is 1. The third-order valence-electron chi connectivity index (χ3n) is 3.78. The first-order chi connectivity index (χ1) is 12.3. The maximum absolute atomic E-state index is 12.5. The average molecular weight is 385 g/mol. The molecule has 26 heavy (non-hydrogen) atoms. The van der Waals surface area contributed by atoms with Crippen LogP contribution in [0.15, 0.2) is 36.7 Å². The molecular formula is C16H12ClF3N4O2. The highest BCUT2D eigenvalue weighted by Crippen LogP contribution is 2.27. The predicted octanol–water partition coefficient (Wildman–Crippen LogP) is 3.27. The molecule has 0 spiro atoms. The zero-order valence-electron chi connectivity index (χ0n) is 13.2. The first-order valence-electron chi connectivity index (χ1n) is 7.50. The molecule has 0 bridgehead atoms. The molecule has 6 nitrogen and oxygen atoms in total. The van der Waals surface area contributed by atoms with Crippen molar-refractivity contribution in [2.24, 2.45) is 0 Å². The minimum absolute atomic E-state index is 0.140. The number of ketones is 1. The van der Waals surface area contributed by atoms with E-state index < -0.39 is 18.0 Å². The highest BCUT2D eigenvalue weighted by Gasteiger charge is 2.36. The Bertz CT molecular complexity index is 842. The minimum atomic E-state index is -4.65. The number of amides is 2. The number of anilines is 1. The van der Waals surface area contributed by atoms with Gasteiger partial charge in [0.15, 0.2) is 5.78 Å². The lowest BCUT2D eigenvalue weighted by molar-refractivity contribution is -0.144. The molecule has 0 saturated carbocycles. The molecule has 3 rings (SSSR count). The summed E-state index contributed by atoms with van der Waals surface area (Å²) in [6.45, 7) is 0.319. The summed E-state index contributed by atoms with van der Waals surface area (Å²) in [6, 6.07) is 5.87. The standard InChI is InChI=1S/C16H12ClF3N4O2/c17-11-3-1-2-10(6-11)13(25)9-23-4-5-24(15(23)26)12-7-21-14(22-8-12)16(18,19)20/h1-3,6-8H,4-5,9H2. The van der Waals surface area contributed by atoms with Gasteiger partial charge in [-0.2, -0.15) is 13.2 Å². The van der Waals surface area contributed by atoms with Crippen LogP contribution in [0.5, 0.6) is 0 Å². The van der Waals surface area contributed by atoms with E-state index in [1.54, 1.807) is 18.2 Å². The molecule has 2 heterocycles. The number of aromatic nitrogens is 2. The summed E-state index contributed by atoms with van der Waals surface area (Å²) in [5, 5.41) is 0.409. The number of Topliss-reactive ketones (excluding diaryl/α,β-unsaturated/α-hetero) is 1. The van der Waals surface area contributed by atoms with E-state index >= 15 is 0 Å². The number of halogens is 4. The summed E-state index contributed by atoms with van der Waals surface area (Å²) < 4.78 is 37.5. The molecule has 2 aromatic rings. The Morgan fingerprint density at radius 1 is 1.19 bits per heavy atom. The Morgan fingerprint density at radius 2 is 1.88 bits per heavy atom.